The number of fused-ring (bicyclic) bond motifs is 1. The van der Waals surface area contributed by atoms with E-state index in [4.69, 9.17) is 4.52 Å². The van der Waals surface area contributed by atoms with Crippen molar-refractivity contribution in [2.45, 2.75) is 67.5 Å². The minimum atomic E-state index is -4.83. The third-order valence-corrected chi connectivity index (χ3v) is 9.59. The van der Waals surface area contributed by atoms with E-state index in [1.54, 1.807) is 32.9 Å². The van der Waals surface area contributed by atoms with E-state index in [1.807, 2.05) is 40.7 Å². The van der Waals surface area contributed by atoms with Gasteiger partial charge in [0.25, 0.3) is 0 Å². The van der Waals surface area contributed by atoms with E-state index in [0.29, 0.717) is 33.2 Å². The molecule has 1 aromatic carbocycles. The molecule has 0 radical (unpaired) electrons. The van der Waals surface area contributed by atoms with Crippen LogP contribution in [0.2, 0.25) is 0 Å². The largest absolute Gasteiger partial charge is 0.395 e. The average molecular weight is 651 g/mol. The molecule has 0 saturated heterocycles. The number of thioether (sulfide) groups is 1. The monoisotopic (exact) mass is 650 g/mol. The molecule has 2 rings (SSSR count). The first-order chi connectivity index (χ1) is 19.9. The number of hydrogen-bond donors (Lipinski definition) is 3. The van der Waals surface area contributed by atoms with Crippen LogP contribution in [0.15, 0.2) is 48.1 Å². The molecular formula is C30H49F2N2O5PS2. The standard InChI is InChI=1S/C25H32F2NO5PS2.2C2H6.CH5N/c1-5-7-18(8-6-2)15-28-34(32,33-11-12-35-23(31)24(3,4)17-30)25(26,27)20-9-10-22-19(13-20)14-21(16-29)36-22;3*1-2/h5,7-10,13-14,16,30H,6,11-12,15,17H2,1-4H3,(H,28,32);2*1-2H3;2H2,1H3/b7-5-,18-8+;;;. The Morgan fingerprint density at radius 1 is 1.19 bits per heavy atom. The number of alkyl halides is 2. The first kappa shape index (κ1) is 42.4. The Labute approximate surface area is 258 Å². The molecule has 0 amide bonds. The van der Waals surface area contributed by atoms with Gasteiger partial charge < -0.3 is 15.4 Å². The van der Waals surface area contributed by atoms with Gasteiger partial charge in [-0.15, -0.1) is 11.3 Å². The summed E-state index contributed by atoms with van der Waals surface area (Å²) >= 11 is 2.01. The van der Waals surface area contributed by atoms with Crippen molar-refractivity contribution in [3.8, 4) is 0 Å². The fourth-order valence-corrected chi connectivity index (χ4v) is 6.60. The van der Waals surface area contributed by atoms with E-state index in [0.717, 1.165) is 11.8 Å². The Morgan fingerprint density at radius 2 is 1.81 bits per heavy atom. The molecule has 0 saturated carbocycles. The van der Waals surface area contributed by atoms with E-state index >= 15 is 8.78 Å². The predicted octanol–water partition coefficient (Wildman–Crippen LogP) is 8.38. The second-order valence-corrected chi connectivity index (χ2v) is 13.1. The number of allylic oxidation sites excluding steroid dienone is 2. The molecule has 240 valence electrons. The van der Waals surface area contributed by atoms with Crippen LogP contribution in [0.1, 0.15) is 77.0 Å². The van der Waals surface area contributed by atoms with Crippen molar-refractivity contribution < 1.29 is 32.6 Å². The highest BCUT2D eigenvalue weighted by atomic mass is 32.2. The molecule has 0 fully saturated rings. The van der Waals surface area contributed by atoms with Gasteiger partial charge in [0.05, 0.1) is 23.5 Å². The molecule has 1 atom stereocenters. The maximum Gasteiger partial charge on any atom is 0.360 e. The molecule has 0 bridgehead atoms. The molecule has 12 heteroatoms. The van der Waals surface area contributed by atoms with Crippen LogP contribution in [0, 0.1) is 5.41 Å². The van der Waals surface area contributed by atoms with Gasteiger partial charge in [0.2, 0.25) is 0 Å². The quantitative estimate of drug-likeness (QED) is 0.0808. The number of thiophene rings is 1. The van der Waals surface area contributed by atoms with E-state index in [1.165, 1.54) is 42.6 Å². The van der Waals surface area contributed by atoms with Gasteiger partial charge >= 0.3 is 13.2 Å². The molecule has 2 aromatic rings. The van der Waals surface area contributed by atoms with Crippen LogP contribution in [0.3, 0.4) is 0 Å². The topological polar surface area (TPSA) is 119 Å². The fraction of sp³-hybridized carbons (Fsp3) is 0.533. The highest BCUT2D eigenvalue weighted by Crippen LogP contribution is 2.63. The van der Waals surface area contributed by atoms with Crippen molar-refractivity contribution in [3.63, 3.8) is 0 Å². The molecule has 0 aliphatic rings. The fourth-order valence-electron chi connectivity index (χ4n) is 3.14. The first-order valence-corrected chi connectivity index (χ1v) is 17.4. The Hall–Kier alpha value is -1.72. The van der Waals surface area contributed by atoms with Crippen molar-refractivity contribution >= 4 is 52.1 Å². The summed E-state index contributed by atoms with van der Waals surface area (Å²) in [5, 5.41) is 11.9. The Morgan fingerprint density at radius 3 is 2.33 bits per heavy atom. The summed E-state index contributed by atoms with van der Waals surface area (Å²) in [5.41, 5.74) is -0.202. The zero-order valence-corrected chi connectivity index (χ0v) is 28.9. The van der Waals surface area contributed by atoms with Crippen LogP contribution in [-0.4, -0.2) is 49.1 Å². The summed E-state index contributed by atoms with van der Waals surface area (Å²) in [5.74, 6) is -0.0111. The SMILES string of the molecule is C/C=C\C(=C/CC)CNP(=O)(OCCSC(=O)C(C)(C)CO)C(F)(F)c1ccc2sc(C=O)cc2c1.CC.CC.CN. The average Bonchev–Trinajstić information content (AvgIpc) is 3.44. The number of aldehydes is 1. The molecule has 1 heterocycles. The number of rotatable bonds is 14. The van der Waals surface area contributed by atoms with Gasteiger partial charge in [-0.3, -0.25) is 14.2 Å². The van der Waals surface area contributed by atoms with E-state index in [2.05, 4.69) is 10.8 Å². The van der Waals surface area contributed by atoms with Crippen molar-refractivity contribution in [2.75, 3.05) is 32.6 Å². The maximum absolute atomic E-state index is 15.8. The minimum absolute atomic E-state index is 0.0111. The van der Waals surface area contributed by atoms with Crippen LogP contribution >= 0.6 is 30.6 Å². The number of aliphatic hydroxyl groups excluding tert-OH is 1. The molecule has 4 N–H and O–H groups in total. The van der Waals surface area contributed by atoms with Crippen molar-refractivity contribution in [1.29, 1.82) is 0 Å². The number of carbonyl (C=O) groups is 2. The van der Waals surface area contributed by atoms with Crippen LogP contribution in [0.4, 0.5) is 8.78 Å². The number of carbonyl (C=O) groups excluding carboxylic acids is 2. The van der Waals surface area contributed by atoms with Gasteiger partial charge in [0.1, 0.15) is 0 Å². The molecular weight excluding hydrogens is 601 g/mol. The molecule has 42 heavy (non-hydrogen) atoms. The van der Waals surface area contributed by atoms with Crippen molar-refractivity contribution in [3.05, 3.63) is 58.5 Å². The van der Waals surface area contributed by atoms with Crippen molar-refractivity contribution in [2.24, 2.45) is 11.1 Å². The number of hydrogen-bond acceptors (Lipinski definition) is 8. The summed E-state index contributed by atoms with van der Waals surface area (Å²) in [6.07, 6.45) is 6.64. The second kappa shape index (κ2) is 21.9. The number of nitrogens with one attached hydrogen (secondary N) is 1. The lowest BCUT2D eigenvalue weighted by molar-refractivity contribution is -0.119. The van der Waals surface area contributed by atoms with Gasteiger partial charge in [-0.1, -0.05) is 70.7 Å². The Bertz CT molecular complexity index is 1180. The van der Waals surface area contributed by atoms with E-state index < -0.39 is 24.2 Å². The lowest BCUT2D eigenvalue weighted by atomic mass is 9.97. The van der Waals surface area contributed by atoms with Gasteiger partial charge in [-0.2, -0.15) is 8.78 Å². The third kappa shape index (κ3) is 12.5. The highest BCUT2D eigenvalue weighted by molar-refractivity contribution is 8.13. The Balaban J connectivity index is 0. The van der Waals surface area contributed by atoms with Crippen LogP contribution < -0.4 is 10.8 Å². The molecule has 0 aliphatic heterocycles. The molecule has 0 aliphatic carbocycles. The number of benzene rings is 1. The van der Waals surface area contributed by atoms with E-state index in [9.17, 15) is 19.3 Å². The van der Waals surface area contributed by atoms with Gasteiger partial charge in [-0.25, -0.2) is 5.09 Å². The van der Waals surface area contributed by atoms with Crippen LogP contribution in [-0.2, 0) is 19.5 Å². The van der Waals surface area contributed by atoms with Crippen LogP contribution in [0.25, 0.3) is 10.1 Å². The minimum Gasteiger partial charge on any atom is -0.395 e. The molecule has 7 nitrogen and oxygen atoms in total. The summed E-state index contributed by atoms with van der Waals surface area (Å²) < 4.78 is 51.3. The zero-order valence-electron chi connectivity index (χ0n) is 26.3. The highest BCUT2D eigenvalue weighted by Gasteiger charge is 2.53. The third-order valence-electron chi connectivity index (χ3n) is 5.24. The normalized spacial score (nSPS) is 13.2. The van der Waals surface area contributed by atoms with Gasteiger partial charge in [0.15, 0.2) is 11.4 Å². The van der Waals surface area contributed by atoms with Gasteiger partial charge in [0, 0.05) is 22.6 Å². The lowest BCUT2D eigenvalue weighted by Crippen LogP contribution is -2.29. The summed E-state index contributed by atoms with van der Waals surface area (Å²) in [4.78, 5) is 23.7. The Kier molecular flexibility index (Phi) is 22.1. The summed E-state index contributed by atoms with van der Waals surface area (Å²) in [7, 11) is -3.33. The molecule has 1 aromatic heterocycles. The summed E-state index contributed by atoms with van der Waals surface area (Å²) in [6, 6.07) is 5.37. The molecule has 1 unspecified atom stereocenters. The second-order valence-electron chi connectivity index (χ2n) is 8.65. The van der Waals surface area contributed by atoms with Gasteiger partial charge in [-0.05, 0) is 63.4 Å². The zero-order chi connectivity index (χ0) is 33.0. The smallest absolute Gasteiger partial charge is 0.360 e. The maximum atomic E-state index is 15.8. The number of nitrogens with two attached hydrogens (primary N) is 1. The predicted molar refractivity (Wildman–Crippen MR) is 177 cm³/mol. The van der Waals surface area contributed by atoms with E-state index in [-0.39, 0.29) is 30.6 Å². The lowest BCUT2D eigenvalue weighted by Gasteiger charge is -2.28. The first-order valence-electron chi connectivity index (χ1n) is 14.0. The number of aliphatic hydroxyl groups is 1. The van der Waals surface area contributed by atoms with Crippen LogP contribution in [0.5, 0.6) is 0 Å². The molecule has 0 spiro atoms. The number of halogens is 2. The van der Waals surface area contributed by atoms with Crippen molar-refractivity contribution in [1.82, 2.24) is 5.09 Å². The summed E-state index contributed by atoms with van der Waals surface area (Å²) in [6.45, 7) is 14.0.